The zero-order valence-corrected chi connectivity index (χ0v) is 15.7. The minimum absolute atomic E-state index is 0. The number of benzene rings is 2. The predicted molar refractivity (Wildman–Crippen MR) is 102 cm³/mol. The first kappa shape index (κ1) is 20.5. The van der Waals surface area contributed by atoms with Crippen molar-refractivity contribution < 1.29 is 19.0 Å². The van der Waals surface area contributed by atoms with E-state index in [1.807, 2.05) is 30.3 Å². The second-order valence-corrected chi connectivity index (χ2v) is 6.16. The van der Waals surface area contributed by atoms with Crippen LogP contribution in [0, 0.1) is 0 Å². The van der Waals surface area contributed by atoms with E-state index in [9.17, 15) is 4.79 Å². The maximum Gasteiger partial charge on any atom is 0.513 e. The van der Waals surface area contributed by atoms with E-state index in [2.05, 4.69) is 4.90 Å². The summed E-state index contributed by atoms with van der Waals surface area (Å²) in [5, 5.41) is 0.710. The van der Waals surface area contributed by atoms with Gasteiger partial charge in [0.15, 0.2) is 0 Å². The molecule has 5 nitrogen and oxygen atoms in total. The Bertz CT molecular complexity index is 682. The molecule has 0 spiro atoms. The summed E-state index contributed by atoms with van der Waals surface area (Å²) in [4.78, 5) is 13.9. The average Bonchev–Trinajstić information content (AvgIpc) is 2.63. The fraction of sp³-hybridized carbons (Fsp3) is 0.316. The highest BCUT2D eigenvalue weighted by Crippen LogP contribution is 2.23. The van der Waals surface area contributed by atoms with Crippen LogP contribution in [0.2, 0.25) is 5.02 Å². The maximum atomic E-state index is 11.7. The third-order valence-electron chi connectivity index (χ3n) is 3.96. The Morgan fingerprint density at radius 3 is 2.62 bits per heavy atom. The van der Waals surface area contributed by atoms with Crippen molar-refractivity contribution in [3.63, 3.8) is 0 Å². The largest absolute Gasteiger partial charge is 0.513 e. The van der Waals surface area contributed by atoms with Crippen molar-refractivity contribution in [3.8, 4) is 5.75 Å². The lowest BCUT2D eigenvalue weighted by atomic mass is 10.1. The highest BCUT2D eigenvalue weighted by Gasteiger charge is 2.22. The van der Waals surface area contributed by atoms with E-state index < -0.39 is 6.16 Å². The normalized spacial score (nSPS) is 17.2. The fourth-order valence-corrected chi connectivity index (χ4v) is 2.78. The number of carbonyl (C=O) groups excluding carboxylic acids is 1. The third-order valence-corrected chi connectivity index (χ3v) is 4.22. The van der Waals surface area contributed by atoms with Crippen molar-refractivity contribution in [1.82, 2.24) is 4.90 Å². The number of halogens is 2. The van der Waals surface area contributed by atoms with Crippen molar-refractivity contribution in [2.45, 2.75) is 6.10 Å². The molecule has 1 saturated heterocycles. The van der Waals surface area contributed by atoms with E-state index in [1.54, 1.807) is 24.3 Å². The third kappa shape index (κ3) is 6.18. The minimum atomic E-state index is -0.686. The van der Waals surface area contributed by atoms with Crippen molar-refractivity contribution in [1.29, 1.82) is 0 Å². The van der Waals surface area contributed by atoms with Crippen LogP contribution >= 0.6 is 24.0 Å². The molecule has 0 aliphatic carbocycles. The summed E-state index contributed by atoms with van der Waals surface area (Å²) in [6.07, 6.45) is -0.684. The summed E-state index contributed by atoms with van der Waals surface area (Å²) in [7, 11) is 0. The molecule has 1 aliphatic heterocycles. The highest BCUT2D eigenvalue weighted by atomic mass is 35.5. The topological polar surface area (TPSA) is 48.0 Å². The molecule has 0 radical (unpaired) electrons. The SMILES string of the molecule is Cl.O=C(OCCN1CCOC(c2ccc(Cl)cc2)C1)Oc1ccccc1. The summed E-state index contributed by atoms with van der Waals surface area (Å²) in [6.45, 7) is 3.11. The van der Waals surface area contributed by atoms with Gasteiger partial charge in [0.05, 0.1) is 12.7 Å². The molecule has 140 valence electrons. The average molecular weight is 398 g/mol. The molecule has 26 heavy (non-hydrogen) atoms. The Morgan fingerprint density at radius 2 is 1.88 bits per heavy atom. The van der Waals surface area contributed by atoms with Gasteiger partial charge in [-0.1, -0.05) is 41.9 Å². The summed E-state index contributed by atoms with van der Waals surface area (Å²) in [5.74, 6) is 0.474. The van der Waals surface area contributed by atoms with Crippen LogP contribution in [0.1, 0.15) is 11.7 Å². The molecule has 1 fully saturated rings. The lowest BCUT2D eigenvalue weighted by Gasteiger charge is -2.32. The molecule has 7 heteroatoms. The van der Waals surface area contributed by atoms with Crippen LogP contribution in [0.15, 0.2) is 54.6 Å². The van der Waals surface area contributed by atoms with E-state index in [1.165, 1.54) is 0 Å². The molecule has 2 aromatic carbocycles. The van der Waals surface area contributed by atoms with Gasteiger partial charge in [-0.15, -0.1) is 12.4 Å². The van der Waals surface area contributed by atoms with Crippen LogP contribution in [0.25, 0.3) is 0 Å². The lowest BCUT2D eigenvalue weighted by molar-refractivity contribution is -0.0355. The molecular weight excluding hydrogens is 377 g/mol. The number of ether oxygens (including phenoxy) is 3. The van der Waals surface area contributed by atoms with Crippen LogP contribution in [0.3, 0.4) is 0 Å². The van der Waals surface area contributed by atoms with E-state index in [-0.39, 0.29) is 25.1 Å². The molecule has 0 N–H and O–H groups in total. The highest BCUT2D eigenvalue weighted by molar-refractivity contribution is 6.30. The van der Waals surface area contributed by atoms with Crippen LogP contribution in [0.4, 0.5) is 4.79 Å². The van der Waals surface area contributed by atoms with Crippen molar-refractivity contribution in [2.24, 2.45) is 0 Å². The standard InChI is InChI=1S/C19H20ClNO4.ClH/c20-16-8-6-15(7-9-16)18-14-21(10-12-23-18)11-13-24-19(22)25-17-4-2-1-3-5-17;/h1-9,18H,10-14H2;1H. The van der Waals surface area contributed by atoms with Gasteiger partial charge in [0.1, 0.15) is 12.4 Å². The van der Waals surface area contributed by atoms with E-state index in [4.69, 9.17) is 25.8 Å². The van der Waals surface area contributed by atoms with Gasteiger partial charge in [-0.3, -0.25) is 4.90 Å². The van der Waals surface area contributed by atoms with Crippen LogP contribution in [-0.4, -0.2) is 43.9 Å². The van der Waals surface area contributed by atoms with Crippen LogP contribution in [-0.2, 0) is 9.47 Å². The van der Waals surface area contributed by atoms with Gasteiger partial charge in [-0.25, -0.2) is 4.79 Å². The van der Waals surface area contributed by atoms with Gasteiger partial charge < -0.3 is 14.2 Å². The molecule has 0 saturated carbocycles. The maximum absolute atomic E-state index is 11.7. The lowest BCUT2D eigenvalue weighted by Crippen LogP contribution is -2.40. The van der Waals surface area contributed by atoms with E-state index >= 15 is 0 Å². The number of para-hydroxylation sites is 1. The Morgan fingerprint density at radius 1 is 1.15 bits per heavy atom. The van der Waals surface area contributed by atoms with Gasteiger partial charge in [0.2, 0.25) is 0 Å². The predicted octanol–water partition coefficient (Wildman–Crippen LogP) is 4.35. The zero-order chi connectivity index (χ0) is 17.5. The van der Waals surface area contributed by atoms with Gasteiger partial charge in [0, 0.05) is 24.7 Å². The van der Waals surface area contributed by atoms with Gasteiger partial charge >= 0.3 is 6.16 Å². The summed E-state index contributed by atoms with van der Waals surface area (Å²) < 4.78 is 16.1. The zero-order valence-electron chi connectivity index (χ0n) is 14.2. The van der Waals surface area contributed by atoms with E-state index in [0.29, 0.717) is 23.9 Å². The Hall–Kier alpha value is -1.79. The number of carbonyl (C=O) groups is 1. The molecule has 1 atom stereocenters. The van der Waals surface area contributed by atoms with Gasteiger partial charge in [0.25, 0.3) is 0 Å². The first-order valence-corrected chi connectivity index (χ1v) is 8.57. The Kier molecular flexibility index (Phi) is 8.19. The van der Waals surface area contributed by atoms with Crippen molar-refractivity contribution >= 4 is 30.2 Å². The molecule has 0 bridgehead atoms. The van der Waals surface area contributed by atoms with E-state index in [0.717, 1.165) is 18.7 Å². The summed E-state index contributed by atoms with van der Waals surface area (Å²) in [5.41, 5.74) is 1.10. The number of morpholine rings is 1. The quantitative estimate of drug-likeness (QED) is 0.554. The minimum Gasteiger partial charge on any atom is -0.433 e. The first-order chi connectivity index (χ1) is 12.2. The summed E-state index contributed by atoms with van der Waals surface area (Å²) in [6, 6.07) is 16.5. The second-order valence-electron chi connectivity index (χ2n) is 5.73. The molecule has 1 heterocycles. The second kappa shape index (κ2) is 10.4. The number of hydrogen-bond donors (Lipinski definition) is 0. The molecule has 0 amide bonds. The number of rotatable bonds is 5. The van der Waals surface area contributed by atoms with Gasteiger partial charge in [-0.05, 0) is 29.8 Å². The summed E-state index contributed by atoms with van der Waals surface area (Å²) >= 11 is 5.92. The Labute approximate surface area is 164 Å². The molecule has 3 rings (SSSR count). The molecule has 2 aromatic rings. The van der Waals surface area contributed by atoms with Crippen LogP contribution < -0.4 is 4.74 Å². The first-order valence-electron chi connectivity index (χ1n) is 8.20. The molecule has 0 aromatic heterocycles. The van der Waals surface area contributed by atoms with Crippen molar-refractivity contribution in [2.75, 3.05) is 32.8 Å². The van der Waals surface area contributed by atoms with Crippen molar-refractivity contribution in [3.05, 3.63) is 65.2 Å². The van der Waals surface area contributed by atoms with Gasteiger partial charge in [-0.2, -0.15) is 0 Å². The Balaban J connectivity index is 0.00000243. The monoisotopic (exact) mass is 397 g/mol. The molecule has 1 unspecified atom stereocenters. The fourth-order valence-electron chi connectivity index (χ4n) is 2.66. The number of nitrogens with zero attached hydrogens (tertiary/aromatic N) is 1. The molecular formula is C19H21Cl2NO4. The smallest absolute Gasteiger partial charge is 0.433 e. The van der Waals surface area contributed by atoms with Crippen LogP contribution in [0.5, 0.6) is 5.75 Å². The number of hydrogen-bond acceptors (Lipinski definition) is 5. The molecule has 1 aliphatic rings.